The number of ether oxygens (including phenoxy) is 1. The number of halogens is 2. The molecular weight excluding hydrogens is 395 g/mol. The lowest BCUT2D eigenvalue weighted by atomic mass is 10.2. The van der Waals surface area contributed by atoms with Crippen LogP contribution in [-0.2, 0) is 10.5 Å². The number of methoxy groups -OCH3 is 1. The summed E-state index contributed by atoms with van der Waals surface area (Å²) in [5.74, 6) is 0.528. The molecule has 0 aliphatic carbocycles. The van der Waals surface area contributed by atoms with Gasteiger partial charge in [-0.3, -0.25) is 0 Å². The zero-order valence-corrected chi connectivity index (χ0v) is 16.4. The summed E-state index contributed by atoms with van der Waals surface area (Å²) in [7, 11) is 1.33. The van der Waals surface area contributed by atoms with E-state index in [1.807, 2.05) is 0 Å². The first kappa shape index (κ1) is 20.5. The van der Waals surface area contributed by atoms with Gasteiger partial charge in [0.05, 0.1) is 12.7 Å². The summed E-state index contributed by atoms with van der Waals surface area (Å²) in [6.45, 7) is 0.610. The second kappa shape index (κ2) is 10.4. The minimum absolute atomic E-state index is 0.291. The zero-order valence-electron chi connectivity index (χ0n) is 14.1. The fourth-order valence-corrected chi connectivity index (χ4v) is 3.52. The number of carbonyl (C=O) groups is 1. The van der Waals surface area contributed by atoms with Gasteiger partial charge in [-0.25, -0.2) is 9.18 Å². The molecule has 2 rings (SSSR count). The quantitative estimate of drug-likeness (QED) is 0.397. The van der Waals surface area contributed by atoms with E-state index in [0.29, 0.717) is 39.2 Å². The molecule has 26 heavy (non-hydrogen) atoms. The number of hydrogen-bond acceptors (Lipinski definition) is 4. The number of carbonyl (C=O) groups excluding carboxylic acids is 1. The number of benzene rings is 2. The highest BCUT2D eigenvalue weighted by Crippen LogP contribution is 2.23. The van der Waals surface area contributed by atoms with Crippen molar-refractivity contribution in [3.63, 3.8) is 0 Å². The Labute approximate surface area is 166 Å². The van der Waals surface area contributed by atoms with Crippen molar-refractivity contribution in [3.8, 4) is 0 Å². The van der Waals surface area contributed by atoms with Crippen LogP contribution >= 0.6 is 35.6 Å². The smallest absolute Gasteiger partial charge is 0.337 e. The lowest BCUT2D eigenvalue weighted by Crippen LogP contribution is -2.30. The zero-order chi connectivity index (χ0) is 18.9. The number of thiocarbonyl (C=S) groups is 1. The Bertz CT molecular complexity index is 769. The van der Waals surface area contributed by atoms with Crippen molar-refractivity contribution in [3.05, 3.63) is 64.4 Å². The maximum atomic E-state index is 13.7. The molecule has 2 aromatic rings. The van der Waals surface area contributed by atoms with Gasteiger partial charge in [0.15, 0.2) is 5.11 Å². The highest BCUT2D eigenvalue weighted by Gasteiger charge is 2.07. The molecule has 0 bridgehead atoms. The summed E-state index contributed by atoms with van der Waals surface area (Å²) in [5.41, 5.74) is 1.65. The summed E-state index contributed by atoms with van der Waals surface area (Å²) < 4.78 is 18.4. The number of nitrogens with one attached hydrogen (secondary N) is 2. The summed E-state index contributed by atoms with van der Waals surface area (Å²) in [6.07, 6.45) is 0. The third-order valence-electron chi connectivity index (χ3n) is 3.38. The van der Waals surface area contributed by atoms with Crippen LogP contribution in [0.3, 0.4) is 0 Å². The maximum absolute atomic E-state index is 13.7. The standard InChI is InChI=1S/C18H18ClFN2O2S2/c1-24-17(23)12-4-2-5-13(10-12)22-18(25)21-8-9-26-11-14-15(19)6-3-7-16(14)20/h2-7,10H,8-9,11H2,1H3,(H2,21,22,25). The largest absolute Gasteiger partial charge is 0.465 e. The van der Waals surface area contributed by atoms with Gasteiger partial charge in [-0.05, 0) is 42.5 Å². The molecule has 0 aliphatic heterocycles. The van der Waals surface area contributed by atoms with Crippen LogP contribution in [0.1, 0.15) is 15.9 Å². The Morgan fingerprint density at radius 3 is 2.81 bits per heavy atom. The Morgan fingerprint density at radius 1 is 1.31 bits per heavy atom. The minimum Gasteiger partial charge on any atom is -0.465 e. The van der Waals surface area contributed by atoms with Crippen LogP contribution in [0.5, 0.6) is 0 Å². The molecule has 0 aliphatic rings. The van der Waals surface area contributed by atoms with Crippen LogP contribution in [0.2, 0.25) is 5.02 Å². The molecule has 0 fully saturated rings. The molecule has 0 spiro atoms. The molecule has 0 atom stereocenters. The van der Waals surface area contributed by atoms with Crippen molar-refractivity contribution >= 4 is 52.3 Å². The van der Waals surface area contributed by atoms with Crippen LogP contribution in [-0.4, -0.2) is 30.5 Å². The lowest BCUT2D eigenvalue weighted by molar-refractivity contribution is 0.0601. The summed E-state index contributed by atoms with van der Waals surface area (Å²) in [4.78, 5) is 11.5. The third kappa shape index (κ3) is 6.16. The predicted octanol–water partition coefficient (Wildman–Crippen LogP) is 4.49. The average Bonchev–Trinajstić information content (AvgIpc) is 2.63. The van der Waals surface area contributed by atoms with Gasteiger partial charge in [-0.15, -0.1) is 0 Å². The first-order valence-corrected chi connectivity index (χ1v) is 9.69. The Kier molecular flexibility index (Phi) is 8.15. The van der Waals surface area contributed by atoms with Crippen molar-refractivity contribution < 1.29 is 13.9 Å². The van der Waals surface area contributed by atoms with E-state index in [1.54, 1.807) is 48.2 Å². The lowest BCUT2D eigenvalue weighted by Gasteiger charge is -2.11. The molecule has 4 nitrogen and oxygen atoms in total. The number of anilines is 1. The highest BCUT2D eigenvalue weighted by molar-refractivity contribution is 7.98. The van der Waals surface area contributed by atoms with Gasteiger partial charge in [0.25, 0.3) is 0 Å². The minimum atomic E-state index is -0.407. The first-order valence-electron chi connectivity index (χ1n) is 7.75. The van der Waals surface area contributed by atoms with Crippen LogP contribution in [0, 0.1) is 5.82 Å². The molecule has 138 valence electrons. The molecule has 0 saturated carbocycles. The predicted molar refractivity (Wildman–Crippen MR) is 110 cm³/mol. The monoisotopic (exact) mass is 412 g/mol. The van der Waals surface area contributed by atoms with Gasteiger partial charge in [0.2, 0.25) is 0 Å². The third-order valence-corrected chi connectivity index (χ3v) is 4.97. The van der Waals surface area contributed by atoms with Gasteiger partial charge in [0.1, 0.15) is 5.82 Å². The molecule has 0 aromatic heterocycles. The average molecular weight is 413 g/mol. The number of rotatable bonds is 7. The fourth-order valence-electron chi connectivity index (χ4n) is 2.10. The van der Waals surface area contributed by atoms with E-state index in [4.69, 9.17) is 23.8 Å². The number of hydrogen-bond donors (Lipinski definition) is 2. The Balaban J connectivity index is 1.73. The van der Waals surface area contributed by atoms with Crippen molar-refractivity contribution in [2.75, 3.05) is 24.7 Å². The molecule has 8 heteroatoms. The van der Waals surface area contributed by atoms with E-state index in [2.05, 4.69) is 15.4 Å². The van der Waals surface area contributed by atoms with Crippen molar-refractivity contribution in [1.29, 1.82) is 0 Å². The molecular formula is C18H18ClFN2O2S2. The van der Waals surface area contributed by atoms with Crippen LogP contribution in [0.25, 0.3) is 0 Å². The number of esters is 1. The van der Waals surface area contributed by atoms with E-state index in [-0.39, 0.29) is 5.82 Å². The van der Waals surface area contributed by atoms with Gasteiger partial charge in [-0.2, -0.15) is 11.8 Å². The van der Waals surface area contributed by atoms with Crippen molar-refractivity contribution in [1.82, 2.24) is 5.32 Å². The molecule has 0 unspecified atom stereocenters. The van der Waals surface area contributed by atoms with Crippen LogP contribution < -0.4 is 10.6 Å². The molecule has 0 heterocycles. The normalized spacial score (nSPS) is 10.3. The Morgan fingerprint density at radius 2 is 2.08 bits per heavy atom. The van der Waals surface area contributed by atoms with Crippen LogP contribution in [0.15, 0.2) is 42.5 Å². The molecule has 0 radical (unpaired) electrons. The second-order valence-electron chi connectivity index (χ2n) is 5.21. The highest BCUT2D eigenvalue weighted by atomic mass is 35.5. The van der Waals surface area contributed by atoms with E-state index in [0.717, 1.165) is 5.75 Å². The van der Waals surface area contributed by atoms with Gasteiger partial charge in [0, 0.05) is 34.3 Å². The number of thioether (sulfide) groups is 1. The maximum Gasteiger partial charge on any atom is 0.337 e. The second-order valence-corrected chi connectivity index (χ2v) is 7.13. The van der Waals surface area contributed by atoms with Gasteiger partial charge < -0.3 is 15.4 Å². The van der Waals surface area contributed by atoms with Gasteiger partial charge >= 0.3 is 5.97 Å². The van der Waals surface area contributed by atoms with Gasteiger partial charge in [-0.1, -0.05) is 23.7 Å². The van der Waals surface area contributed by atoms with E-state index < -0.39 is 5.97 Å². The fraction of sp³-hybridized carbons (Fsp3) is 0.222. The molecule has 2 N–H and O–H groups in total. The molecule has 2 aromatic carbocycles. The van der Waals surface area contributed by atoms with E-state index >= 15 is 0 Å². The summed E-state index contributed by atoms with van der Waals surface area (Å²) in [6, 6.07) is 11.5. The molecule has 0 amide bonds. The van der Waals surface area contributed by atoms with Crippen LogP contribution in [0.4, 0.5) is 10.1 Å². The van der Waals surface area contributed by atoms with E-state index in [9.17, 15) is 9.18 Å². The van der Waals surface area contributed by atoms with Crippen molar-refractivity contribution in [2.24, 2.45) is 0 Å². The topological polar surface area (TPSA) is 50.4 Å². The summed E-state index contributed by atoms with van der Waals surface area (Å²) in [5, 5.41) is 6.96. The summed E-state index contributed by atoms with van der Waals surface area (Å²) >= 11 is 12.8. The Hall–Kier alpha value is -1.83. The van der Waals surface area contributed by atoms with E-state index in [1.165, 1.54) is 13.2 Å². The first-order chi connectivity index (χ1) is 12.5. The molecule has 0 saturated heterocycles. The SMILES string of the molecule is COC(=O)c1cccc(NC(=S)NCCSCc2c(F)cccc2Cl)c1. The van der Waals surface area contributed by atoms with Crippen molar-refractivity contribution in [2.45, 2.75) is 5.75 Å².